The average molecular weight is 387 g/mol. The Morgan fingerprint density at radius 2 is 1.77 bits per heavy atom. The van der Waals surface area contributed by atoms with E-state index < -0.39 is 0 Å². The van der Waals surface area contributed by atoms with Crippen LogP contribution in [-0.4, -0.2) is 15.9 Å². The maximum atomic E-state index is 12.5. The van der Waals surface area contributed by atoms with Crippen molar-refractivity contribution in [3.63, 3.8) is 0 Å². The number of hydrogen-bond donors (Lipinski definition) is 2. The number of aryl methyl sites for hydroxylation is 1. The van der Waals surface area contributed by atoms with Crippen molar-refractivity contribution in [2.45, 2.75) is 13.5 Å². The van der Waals surface area contributed by atoms with Crippen LogP contribution in [0.15, 0.2) is 54.6 Å². The topological polar surface area (TPSA) is 66.9 Å². The largest absolute Gasteiger partial charge is 0.350 e. The number of amides is 1. The predicted octanol–water partition coefficient (Wildman–Crippen LogP) is 4.96. The van der Waals surface area contributed by atoms with E-state index in [9.17, 15) is 4.79 Å². The molecule has 3 aromatic rings. The van der Waals surface area contributed by atoms with Gasteiger partial charge in [0.15, 0.2) is 0 Å². The highest BCUT2D eigenvalue weighted by molar-refractivity contribution is 6.31. The second-order valence-electron chi connectivity index (χ2n) is 5.66. The molecule has 0 aliphatic rings. The number of carbonyl (C=O) groups is 1. The van der Waals surface area contributed by atoms with E-state index in [-0.39, 0.29) is 11.6 Å². The summed E-state index contributed by atoms with van der Waals surface area (Å²) >= 11 is 11.8. The molecule has 2 aromatic carbocycles. The van der Waals surface area contributed by atoms with Gasteiger partial charge in [-0.2, -0.15) is 0 Å². The summed E-state index contributed by atoms with van der Waals surface area (Å²) in [5.41, 5.74) is 2.60. The van der Waals surface area contributed by atoms with Crippen LogP contribution < -0.4 is 10.6 Å². The van der Waals surface area contributed by atoms with E-state index in [4.69, 9.17) is 23.2 Å². The molecular weight excluding hydrogens is 371 g/mol. The molecule has 0 radical (unpaired) electrons. The molecule has 1 aromatic heterocycles. The highest BCUT2D eigenvalue weighted by Gasteiger charge is 2.11. The Bertz CT molecular complexity index is 929. The van der Waals surface area contributed by atoms with Crippen molar-refractivity contribution in [3.05, 3.63) is 81.6 Å². The molecular formula is C19H16Cl2N4O. The van der Waals surface area contributed by atoms with Crippen LogP contribution in [0, 0.1) is 6.92 Å². The zero-order valence-electron chi connectivity index (χ0n) is 14.0. The molecule has 0 aliphatic carbocycles. The van der Waals surface area contributed by atoms with E-state index in [1.807, 2.05) is 31.2 Å². The minimum atomic E-state index is -0.327. The summed E-state index contributed by atoms with van der Waals surface area (Å²) in [5, 5.41) is 7.13. The molecule has 0 spiro atoms. The Kier molecular flexibility index (Phi) is 5.71. The Balaban J connectivity index is 1.72. The number of hydrogen-bond acceptors (Lipinski definition) is 4. The van der Waals surface area contributed by atoms with Crippen molar-refractivity contribution in [3.8, 4) is 0 Å². The minimum absolute atomic E-state index is 0.274. The number of carbonyl (C=O) groups excluding carboxylic acids is 1. The van der Waals surface area contributed by atoms with Gasteiger partial charge in [-0.15, -0.1) is 0 Å². The molecule has 0 atom stereocenters. The number of anilines is 2. The quantitative estimate of drug-likeness (QED) is 0.650. The van der Waals surface area contributed by atoms with E-state index in [1.165, 1.54) is 0 Å². The lowest BCUT2D eigenvalue weighted by atomic mass is 10.2. The first kappa shape index (κ1) is 18.2. The third-order valence-electron chi connectivity index (χ3n) is 3.53. The van der Waals surface area contributed by atoms with Crippen LogP contribution in [0.5, 0.6) is 0 Å². The van der Waals surface area contributed by atoms with Crippen LogP contribution >= 0.6 is 23.2 Å². The first-order chi connectivity index (χ1) is 12.5. The minimum Gasteiger partial charge on any atom is -0.350 e. The van der Waals surface area contributed by atoms with Gasteiger partial charge in [-0.3, -0.25) is 4.79 Å². The zero-order valence-corrected chi connectivity index (χ0v) is 15.5. The number of benzene rings is 2. The number of nitrogens with zero attached hydrogens (tertiary/aromatic N) is 2. The molecule has 0 bridgehead atoms. The van der Waals surface area contributed by atoms with Gasteiger partial charge in [0, 0.05) is 28.0 Å². The van der Waals surface area contributed by atoms with Crippen LogP contribution in [0.25, 0.3) is 0 Å². The van der Waals surface area contributed by atoms with Crippen molar-refractivity contribution in [2.24, 2.45) is 0 Å². The molecule has 2 N–H and O–H groups in total. The lowest BCUT2D eigenvalue weighted by Gasteiger charge is -2.09. The fourth-order valence-corrected chi connectivity index (χ4v) is 2.62. The van der Waals surface area contributed by atoms with E-state index >= 15 is 0 Å². The molecule has 0 saturated carbocycles. The predicted molar refractivity (Wildman–Crippen MR) is 105 cm³/mol. The van der Waals surface area contributed by atoms with Gasteiger partial charge < -0.3 is 10.6 Å². The normalized spacial score (nSPS) is 10.4. The first-order valence-corrected chi connectivity index (χ1v) is 8.66. The summed E-state index contributed by atoms with van der Waals surface area (Å²) < 4.78 is 0. The summed E-state index contributed by atoms with van der Waals surface area (Å²) in [7, 11) is 0. The summed E-state index contributed by atoms with van der Waals surface area (Å²) in [6.07, 6.45) is 0. The van der Waals surface area contributed by atoms with Crippen molar-refractivity contribution in [1.29, 1.82) is 0 Å². The average Bonchev–Trinajstić information content (AvgIpc) is 2.61. The van der Waals surface area contributed by atoms with Crippen LogP contribution in [0.1, 0.15) is 21.7 Å². The Labute approximate surface area is 161 Å². The van der Waals surface area contributed by atoms with Crippen LogP contribution in [0.3, 0.4) is 0 Å². The van der Waals surface area contributed by atoms with Gasteiger partial charge in [0.2, 0.25) is 5.95 Å². The molecule has 0 fully saturated rings. The molecule has 0 unspecified atom stereocenters. The molecule has 0 saturated heterocycles. The van der Waals surface area contributed by atoms with Crippen molar-refractivity contribution in [2.75, 3.05) is 10.6 Å². The maximum absolute atomic E-state index is 12.5. The molecule has 26 heavy (non-hydrogen) atoms. The van der Waals surface area contributed by atoms with Crippen LogP contribution in [-0.2, 0) is 6.54 Å². The molecule has 7 heteroatoms. The van der Waals surface area contributed by atoms with Gasteiger partial charge >= 0.3 is 0 Å². The van der Waals surface area contributed by atoms with E-state index in [0.29, 0.717) is 33.9 Å². The van der Waals surface area contributed by atoms with Gasteiger partial charge in [0.05, 0.1) is 0 Å². The van der Waals surface area contributed by atoms with Gasteiger partial charge in [-0.05, 0) is 48.9 Å². The van der Waals surface area contributed by atoms with E-state index in [1.54, 1.807) is 30.3 Å². The summed E-state index contributed by atoms with van der Waals surface area (Å²) in [4.78, 5) is 21.1. The Morgan fingerprint density at radius 3 is 2.50 bits per heavy atom. The molecule has 5 nitrogen and oxygen atoms in total. The number of aromatic nitrogens is 2. The molecule has 1 heterocycles. The van der Waals surface area contributed by atoms with Crippen LogP contribution in [0.2, 0.25) is 10.0 Å². The monoisotopic (exact) mass is 386 g/mol. The lowest BCUT2D eigenvalue weighted by Crippen LogP contribution is -2.16. The zero-order chi connectivity index (χ0) is 18.5. The van der Waals surface area contributed by atoms with Crippen molar-refractivity contribution in [1.82, 2.24) is 9.97 Å². The van der Waals surface area contributed by atoms with E-state index in [0.717, 1.165) is 5.56 Å². The Morgan fingerprint density at radius 1 is 1.00 bits per heavy atom. The summed E-state index contributed by atoms with van der Waals surface area (Å²) in [6, 6.07) is 16.0. The van der Waals surface area contributed by atoms with Gasteiger partial charge in [0.1, 0.15) is 5.69 Å². The molecule has 132 valence electrons. The fraction of sp³-hybridized carbons (Fsp3) is 0.105. The van der Waals surface area contributed by atoms with E-state index in [2.05, 4.69) is 20.6 Å². The van der Waals surface area contributed by atoms with Crippen molar-refractivity contribution >= 4 is 40.7 Å². The van der Waals surface area contributed by atoms with Crippen molar-refractivity contribution < 1.29 is 4.79 Å². The second kappa shape index (κ2) is 8.17. The molecule has 3 rings (SSSR count). The number of halogens is 2. The maximum Gasteiger partial charge on any atom is 0.274 e. The van der Waals surface area contributed by atoms with Gasteiger partial charge in [-0.1, -0.05) is 41.4 Å². The summed E-state index contributed by atoms with van der Waals surface area (Å²) in [6.45, 7) is 2.33. The smallest absolute Gasteiger partial charge is 0.274 e. The van der Waals surface area contributed by atoms with Crippen LogP contribution in [0.4, 0.5) is 11.6 Å². The molecule has 1 amide bonds. The van der Waals surface area contributed by atoms with Gasteiger partial charge in [-0.25, -0.2) is 9.97 Å². The second-order valence-corrected chi connectivity index (χ2v) is 6.54. The SMILES string of the molecule is Cc1cc(C(=O)Nc2cccc(Cl)c2)nc(NCc2ccc(Cl)cc2)n1. The van der Waals surface area contributed by atoms with Gasteiger partial charge in [0.25, 0.3) is 5.91 Å². The highest BCUT2D eigenvalue weighted by atomic mass is 35.5. The standard InChI is InChI=1S/C19H16Cl2N4O/c1-12-9-17(18(26)24-16-4-2-3-15(21)10-16)25-19(23-12)22-11-13-5-7-14(20)8-6-13/h2-10H,11H2,1H3,(H,24,26)(H,22,23,25). The number of nitrogens with one attached hydrogen (secondary N) is 2. The third kappa shape index (κ3) is 4.94. The lowest BCUT2D eigenvalue weighted by molar-refractivity contribution is 0.102. The summed E-state index contributed by atoms with van der Waals surface area (Å²) in [5.74, 6) is 0.0588. The fourth-order valence-electron chi connectivity index (χ4n) is 2.31. The third-order valence-corrected chi connectivity index (χ3v) is 4.02. The Hall–Kier alpha value is -2.63. The highest BCUT2D eigenvalue weighted by Crippen LogP contribution is 2.16. The number of rotatable bonds is 5. The first-order valence-electron chi connectivity index (χ1n) is 7.90. The molecule has 0 aliphatic heterocycles.